The first-order chi connectivity index (χ1) is 14.7. The lowest BCUT2D eigenvalue weighted by Gasteiger charge is -2.30. The van der Waals surface area contributed by atoms with E-state index >= 15 is 0 Å². The van der Waals surface area contributed by atoms with Crippen molar-refractivity contribution >= 4 is 23.0 Å². The molecular weight excluding hydrogens is 412 g/mol. The molecule has 0 N–H and O–H groups in total. The van der Waals surface area contributed by atoms with Crippen molar-refractivity contribution in [3.8, 4) is 11.5 Å². The monoisotopic (exact) mass is 442 g/mol. The summed E-state index contributed by atoms with van der Waals surface area (Å²) in [6.07, 6.45) is 7.54. The molecule has 0 radical (unpaired) electrons. The standard InChI is InChI=1S/C22H30N6O2S/c1-7-9-16(10-8-11-26(5)6)20-23-17(15-31-20)19-25-24-18-14-27(12-13-28(18)19)21(29)30-22(2,3)4/h7-10,15H,1,11-14H2,2-6H3/b10-8-,16-9+. The fourth-order valence-electron chi connectivity index (χ4n) is 3.05. The van der Waals surface area contributed by atoms with E-state index < -0.39 is 5.60 Å². The second-order valence-electron chi connectivity index (χ2n) is 8.55. The van der Waals surface area contributed by atoms with Crippen LogP contribution in [0, 0.1) is 0 Å². The number of likely N-dealkylation sites (N-methyl/N-ethyl adjacent to an activating group) is 1. The van der Waals surface area contributed by atoms with Crippen molar-refractivity contribution in [1.82, 2.24) is 29.5 Å². The van der Waals surface area contributed by atoms with Crippen LogP contribution in [0.4, 0.5) is 4.79 Å². The van der Waals surface area contributed by atoms with Gasteiger partial charge in [0.05, 0.1) is 6.54 Å². The van der Waals surface area contributed by atoms with Gasteiger partial charge in [0.15, 0.2) is 11.6 Å². The van der Waals surface area contributed by atoms with Crippen molar-refractivity contribution in [3.05, 3.63) is 47.1 Å². The Hall–Kier alpha value is -2.78. The molecule has 0 fully saturated rings. The minimum atomic E-state index is -0.526. The summed E-state index contributed by atoms with van der Waals surface area (Å²) in [6.45, 7) is 11.8. The third-order valence-corrected chi connectivity index (χ3v) is 5.34. The van der Waals surface area contributed by atoms with Crippen LogP contribution in [0.25, 0.3) is 17.1 Å². The van der Waals surface area contributed by atoms with Gasteiger partial charge in [-0.1, -0.05) is 30.9 Å². The van der Waals surface area contributed by atoms with Crippen LogP contribution >= 0.6 is 11.3 Å². The van der Waals surface area contributed by atoms with Gasteiger partial charge in [0, 0.05) is 30.6 Å². The molecule has 31 heavy (non-hydrogen) atoms. The third kappa shape index (κ3) is 5.89. The van der Waals surface area contributed by atoms with Crippen LogP contribution in [0.15, 0.2) is 36.3 Å². The van der Waals surface area contributed by atoms with Crippen LogP contribution in [0.3, 0.4) is 0 Å². The second kappa shape index (κ2) is 9.57. The first-order valence-electron chi connectivity index (χ1n) is 10.2. The fraction of sp³-hybridized carbons (Fsp3) is 0.455. The number of ether oxygens (including phenoxy) is 1. The van der Waals surface area contributed by atoms with Gasteiger partial charge in [-0.25, -0.2) is 9.78 Å². The van der Waals surface area contributed by atoms with Crippen molar-refractivity contribution in [1.29, 1.82) is 0 Å². The van der Waals surface area contributed by atoms with E-state index in [0.29, 0.717) is 19.6 Å². The Morgan fingerprint density at radius 2 is 2.10 bits per heavy atom. The van der Waals surface area contributed by atoms with Crippen LogP contribution in [0.5, 0.6) is 0 Å². The molecule has 0 aliphatic carbocycles. The summed E-state index contributed by atoms with van der Waals surface area (Å²) in [5.74, 6) is 1.45. The quantitative estimate of drug-likeness (QED) is 0.633. The number of nitrogens with zero attached hydrogens (tertiary/aromatic N) is 6. The Morgan fingerprint density at radius 3 is 2.77 bits per heavy atom. The highest BCUT2D eigenvalue weighted by atomic mass is 32.1. The van der Waals surface area contributed by atoms with Crippen molar-refractivity contribution in [2.75, 3.05) is 27.2 Å². The molecule has 2 aromatic heterocycles. The first kappa shape index (κ1) is 22.9. The summed E-state index contributed by atoms with van der Waals surface area (Å²) in [6, 6.07) is 0. The molecule has 0 bridgehead atoms. The van der Waals surface area contributed by atoms with Crippen LogP contribution in [-0.2, 0) is 17.8 Å². The maximum atomic E-state index is 12.4. The number of hydrogen-bond donors (Lipinski definition) is 0. The molecule has 1 aliphatic rings. The molecule has 1 amide bonds. The zero-order chi connectivity index (χ0) is 22.6. The number of amides is 1. The highest BCUT2D eigenvalue weighted by molar-refractivity contribution is 7.11. The summed E-state index contributed by atoms with van der Waals surface area (Å²) in [4.78, 5) is 20.9. The maximum Gasteiger partial charge on any atom is 0.410 e. The number of fused-ring (bicyclic) bond motifs is 1. The van der Waals surface area contributed by atoms with E-state index in [1.165, 1.54) is 0 Å². The normalized spacial score (nSPS) is 14.9. The molecule has 2 aromatic rings. The zero-order valence-electron chi connectivity index (χ0n) is 18.8. The number of carbonyl (C=O) groups excluding carboxylic acids is 1. The molecule has 3 heterocycles. The number of carbonyl (C=O) groups is 1. The summed E-state index contributed by atoms with van der Waals surface area (Å²) >= 11 is 1.56. The predicted octanol–water partition coefficient (Wildman–Crippen LogP) is 3.84. The van der Waals surface area contributed by atoms with Gasteiger partial charge in [-0.15, -0.1) is 21.5 Å². The Kier molecular flexibility index (Phi) is 7.07. The molecule has 8 nitrogen and oxygen atoms in total. The zero-order valence-corrected chi connectivity index (χ0v) is 19.6. The van der Waals surface area contributed by atoms with E-state index in [1.807, 2.05) is 50.9 Å². The SMILES string of the molecule is C=C/C=C(\C=C/CN(C)C)c1nc(-c2nnc3n2CCN(C(=O)OC(C)(C)C)C3)cs1. The molecule has 9 heteroatoms. The van der Waals surface area contributed by atoms with E-state index in [-0.39, 0.29) is 6.09 Å². The van der Waals surface area contributed by atoms with E-state index in [1.54, 1.807) is 22.3 Å². The summed E-state index contributed by atoms with van der Waals surface area (Å²) < 4.78 is 7.50. The van der Waals surface area contributed by atoms with Gasteiger partial charge in [0.2, 0.25) is 0 Å². The lowest BCUT2D eigenvalue weighted by molar-refractivity contribution is 0.0196. The first-order valence-corrected chi connectivity index (χ1v) is 11.1. The van der Waals surface area contributed by atoms with E-state index in [2.05, 4.69) is 33.8 Å². The van der Waals surface area contributed by atoms with E-state index in [9.17, 15) is 4.79 Å². The highest BCUT2D eigenvalue weighted by Gasteiger charge is 2.29. The third-order valence-electron chi connectivity index (χ3n) is 4.45. The van der Waals surface area contributed by atoms with Gasteiger partial charge in [-0.2, -0.15) is 0 Å². The molecule has 0 unspecified atom stereocenters. The lowest BCUT2D eigenvalue weighted by atomic mass is 10.2. The Balaban J connectivity index is 1.77. The maximum absolute atomic E-state index is 12.4. The number of rotatable bonds is 6. The largest absolute Gasteiger partial charge is 0.444 e. The number of hydrogen-bond acceptors (Lipinski definition) is 7. The average Bonchev–Trinajstić information content (AvgIpc) is 3.32. The molecule has 166 valence electrons. The minimum Gasteiger partial charge on any atom is -0.444 e. The van der Waals surface area contributed by atoms with Gasteiger partial charge in [0.1, 0.15) is 16.3 Å². The highest BCUT2D eigenvalue weighted by Crippen LogP contribution is 2.28. The second-order valence-corrected chi connectivity index (χ2v) is 9.41. The predicted molar refractivity (Wildman–Crippen MR) is 124 cm³/mol. The van der Waals surface area contributed by atoms with Gasteiger partial charge in [-0.3, -0.25) is 4.90 Å². The molecule has 1 aliphatic heterocycles. The van der Waals surface area contributed by atoms with Crippen LogP contribution < -0.4 is 0 Å². The molecule has 3 rings (SSSR count). The molecule has 0 saturated carbocycles. The van der Waals surface area contributed by atoms with Crippen LogP contribution in [0.2, 0.25) is 0 Å². The fourth-order valence-corrected chi connectivity index (χ4v) is 3.86. The molecule has 0 spiro atoms. The Bertz CT molecular complexity index is 996. The number of allylic oxidation sites excluding steroid dienone is 4. The topological polar surface area (TPSA) is 76.4 Å². The average molecular weight is 443 g/mol. The van der Waals surface area contributed by atoms with Crippen molar-refractivity contribution in [2.45, 2.75) is 39.5 Å². The van der Waals surface area contributed by atoms with E-state index in [4.69, 9.17) is 9.72 Å². The van der Waals surface area contributed by atoms with Gasteiger partial charge in [0.25, 0.3) is 0 Å². The summed E-state index contributed by atoms with van der Waals surface area (Å²) in [7, 11) is 4.06. The van der Waals surface area contributed by atoms with Gasteiger partial charge >= 0.3 is 6.09 Å². The van der Waals surface area contributed by atoms with Gasteiger partial charge < -0.3 is 14.2 Å². The number of aromatic nitrogens is 4. The molecule has 0 atom stereocenters. The van der Waals surface area contributed by atoms with Crippen molar-refractivity contribution in [3.63, 3.8) is 0 Å². The molecule has 0 aromatic carbocycles. The van der Waals surface area contributed by atoms with Gasteiger partial charge in [-0.05, 0) is 34.9 Å². The molecule has 0 saturated heterocycles. The summed E-state index contributed by atoms with van der Waals surface area (Å²) in [5.41, 5.74) is 1.25. The number of thiazole rings is 1. The smallest absolute Gasteiger partial charge is 0.410 e. The Morgan fingerprint density at radius 1 is 1.32 bits per heavy atom. The van der Waals surface area contributed by atoms with Crippen molar-refractivity contribution < 1.29 is 9.53 Å². The van der Waals surface area contributed by atoms with Crippen LogP contribution in [0.1, 0.15) is 31.6 Å². The lowest BCUT2D eigenvalue weighted by Crippen LogP contribution is -2.41. The minimum absolute atomic E-state index is 0.331. The Labute approximate surface area is 187 Å². The molecular formula is C22H30N6O2S. The van der Waals surface area contributed by atoms with E-state index in [0.717, 1.165) is 34.5 Å². The summed E-state index contributed by atoms with van der Waals surface area (Å²) in [5, 5.41) is 11.5. The van der Waals surface area contributed by atoms with Crippen LogP contribution in [-0.4, -0.2) is 68.4 Å². The van der Waals surface area contributed by atoms with Crippen molar-refractivity contribution in [2.24, 2.45) is 0 Å².